The number of hydrogen-bond donors (Lipinski definition) is 1. The van der Waals surface area contributed by atoms with Crippen molar-refractivity contribution in [3.8, 4) is 0 Å². The summed E-state index contributed by atoms with van der Waals surface area (Å²) in [5.74, 6) is 0.479. The molecule has 1 aromatic rings. The van der Waals surface area contributed by atoms with Gasteiger partial charge in [-0.05, 0) is 38.9 Å². The highest BCUT2D eigenvalue weighted by molar-refractivity contribution is 7.10. The highest BCUT2D eigenvalue weighted by Crippen LogP contribution is 2.22. The van der Waals surface area contributed by atoms with E-state index in [-0.39, 0.29) is 12.1 Å². The fourth-order valence-corrected chi connectivity index (χ4v) is 3.63. The van der Waals surface area contributed by atoms with Crippen LogP contribution < -0.4 is 5.32 Å². The molecule has 1 aromatic heterocycles. The predicted molar refractivity (Wildman–Crippen MR) is 90.3 cm³/mol. The molecule has 1 fully saturated rings. The second kappa shape index (κ2) is 8.50. The number of urea groups is 1. The molecule has 0 spiro atoms. The predicted octanol–water partition coefficient (Wildman–Crippen LogP) is 2.42. The molecule has 1 N–H and O–H groups in total. The molecular weight excluding hydrogens is 298 g/mol. The Labute approximate surface area is 137 Å². The summed E-state index contributed by atoms with van der Waals surface area (Å²) in [5, 5.41) is 5.16. The van der Waals surface area contributed by atoms with Crippen molar-refractivity contribution in [3.05, 3.63) is 22.4 Å². The summed E-state index contributed by atoms with van der Waals surface area (Å²) in [6.45, 7) is 5.77. The minimum absolute atomic E-state index is 0.0257. The zero-order valence-electron chi connectivity index (χ0n) is 13.7. The minimum Gasteiger partial charge on any atom is -0.381 e. The maximum atomic E-state index is 12.4. The van der Waals surface area contributed by atoms with Gasteiger partial charge in [0.2, 0.25) is 0 Å². The Morgan fingerprint density at radius 2 is 2.36 bits per heavy atom. The average Bonchev–Trinajstić information content (AvgIpc) is 3.18. The van der Waals surface area contributed by atoms with Crippen LogP contribution in [0.5, 0.6) is 0 Å². The quantitative estimate of drug-likeness (QED) is 0.837. The molecule has 6 heteroatoms. The maximum absolute atomic E-state index is 12.4. The van der Waals surface area contributed by atoms with E-state index in [1.807, 2.05) is 25.9 Å². The molecular formula is C16H27N3O2S. The van der Waals surface area contributed by atoms with Crippen LogP contribution in [0.2, 0.25) is 0 Å². The van der Waals surface area contributed by atoms with Gasteiger partial charge in [-0.15, -0.1) is 11.3 Å². The summed E-state index contributed by atoms with van der Waals surface area (Å²) in [6, 6.07) is 4.42. The van der Waals surface area contributed by atoms with Crippen molar-refractivity contribution in [2.24, 2.45) is 5.92 Å². The number of nitrogens with one attached hydrogen (secondary N) is 1. The summed E-state index contributed by atoms with van der Waals surface area (Å²) in [7, 11) is 4.09. The van der Waals surface area contributed by atoms with Crippen molar-refractivity contribution in [1.29, 1.82) is 0 Å². The van der Waals surface area contributed by atoms with E-state index in [1.165, 1.54) is 4.88 Å². The first-order valence-electron chi connectivity index (χ1n) is 7.92. The molecule has 5 nitrogen and oxygen atoms in total. The van der Waals surface area contributed by atoms with Gasteiger partial charge >= 0.3 is 6.03 Å². The molecule has 22 heavy (non-hydrogen) atoms. The van der Waals surface area contributed by atoms with Crippen molar-refractivity contribution >= 4 is 17.4 Å². The molecule has 0 bridgehead atoms. The van der Waals surface area contributed by atoms with Gasteiger partial charge in [-0.1, -0.05) is 6.07 Å². The van der Waals surface area contributed by atoms with E-state index in [4.69, 9.17) is 4.74 Å². The van der Waals surface area contributed by atoms with Crippen molar-refractivity contribution in [1.82, 2.24) is 15.1 Å². The fraction of sp³-hybridized carbons (Fsp3) is 0.688. The lowest BCUT2D eigenvalue weighted by Gasteiger charge is -2.27. The zero-order valence-corrected chi connectivity index (χ0v) is 14.6. The van der Waals surface area contributed by atoms with Gasteiger partial charge in [0.15, 0.2) is 0 Å². The number of thiophene rings is 1. The van der Waals surface area contributed by atoms with Gasteiger partial charge in [-0.2, -0.15) is 0 Å². The minimum atomic E-state index is 0.0257. The van der Waals surface area contributed by atoms with Gasteiger partial charge < -0.3 is 19.9 Å². The molecule has 2 unspecified atom stereocenters. The van der Waals surface area contributed by atoms with Gasteiger partial charge in [-0.3, -0.25) is 0 Å². The third kappa shape index (κ3) is 4.69. The first kappa shape index (κ1) is 17.2. The summed E-state index contributed by atoms with van der Waals surface area (Å²) in [6.07, 6.45) is 1.05. The normalized spacial score (nSPS) is 19.4. The Hall–Kier alpha value is -1.11. The number of carbonyl (C=O) groups excluding carboxylic acids is 1. The molecule has 0 aromatic carbocycles. The highest BCUT2D eigenvalue weighted by atomic mass is 32.1. The second-order valence-electron chi connectivity index (χ2n) is 5.95. The largest absolute Gasteiger partial charge is 0.381 e. The maximum Gasteiger partial charge on any atom is 0.317 e. The summed E-state index contributed by atoms with van der Waals surface area (Å²) >= 11 is 1.73. The fourth-order valence-electron chi connectivity index (χ4n) is 2.71. The van der Waals surface area contributed by atoms with Crippen molar-refractivity contribution < 1.29 is 9.53 Å². The van der Waals surface area contributed by atoms with Crippen LogP contribution in [0.25, 0.3) is 0 Å². The highest BCUT2D eigenvalue weighted by Gasteiger charge is 2.22. The topological polar surface area (TPSA) is 44.8 Å². The van der Waals surface area contributed by atoms with Crippen molar-refractivity contribution in [2.45, 2.75) is 19.4 Å². The first-order valence-corrected chi connectivity index (χ1v) is 8.80. The lowest BCUT2D eigenvalue weighted by molar-refractivity contribution is 0.164. The molecule has 2 heterocycles. The molecule has 124 valence electrons. The Kier molecular flexibility index (Phi) is 6.67. The first-order chi connectivity index (χ1) is 10.6. The SMILES string of the molecule is CCN(CC1CCOC1)C(=O)NCC(c1cccs1)N(C)C. The van der Waals surface area contributed by atoms with Crippen LogP contribution in [-0.2, 0) is 4.74 Å². The Morgan fingerprint density at radius 3 is 2.91 bits per heavy atom. The van der Waals surface area contributed by atoms with Gasteiger partial charge in [0.1, 0.15) is 0 Å². The summed E-state index contributed by atoms with van der Waals surface area (Å²) in [5.41, 5.74) is 0. The van der Waals surface area contributed by atoms with Crippen LogP contribution in [0.1, 0.15) is 24.3 Å². The molecule has 0 saturated carbocycles. The standard InChI is InChI=1S/C16H27N3O2S/c1-4-19(11-13-7-8-21-12-13)16(20)17-10-14(18(2)3)15-6-5-9-22-15/h5-6,9,13-14H,4,7-8,10-12H2,1-3H3,(H,17,20). The van der Waals surface area contributed by atoms with Crippen LogP contribution in [0, 0.1) is 5.92 Å². The number of rotatable bonds is 7. The monoisotopic (exact) mass is 325 g/mol. The molecule has 1 saturated heterocycles. The Balaban J connectivity index is 1.86. The Bertz CT molecular complexity index is 444. The molecule has 0 aliphatic carbocycles. The summed E-state index contributed by atoms with van der Waals surface area (Å²) in [4.78, 5) is 17.7. The van der Waals surface area contributed by atoms with Crippen LogP contribution in [0.15, 0.2) is 17.5 Å². The van der Waals surface area contributed by atoms with E-state index in [0.29, 0.717) is 12.5 Å². The molecule has 0 radical (unpaired) electrons. The molecule has 2 amide bonds. The third-order valence-corrected chi connectivity index (χ3v) is 5.09. The molecule has 2 atom stereocenters. The van der Waals surface area contributed by atoms with Crippen LogP contribution in [-0.4, -0.2) is 62.8 Å². The third-order valence-electron chi connectivity index (χ3n) is 4.11. The number of nitrogens with zero attached hydrogens (tertiary/aromatic N) is 2. The van der Waals surface area contributed by atoms with Gasteiger partial charge in [0, 0.05) is 37.0 Å². The lowest BCUT2D eigenvalue weighted by Crippen LogP contribution is -2.45. The van der Waals surface area contributed by atoms with E-state index < -0.39 is 0 Å². The number of amides is 2. The zero-order chi connectivity index (χ0) is 15.9. The molecule has 1 aliphatic rings. The number of likely N-dealkylation sites (N-methyl/N-ethyl adjacent to an activating group) is 1. The number of ether oxygens (including phenoxy) is 1. The Morgan fingerprint density at radius 1 is 1.55 bits per heavy atom. The van der Waals surface area contributed by atoms with Crippen LogP contribution in [0.4, 0.5) is 4.79 Å². The van der Waals surface area contributed by atoms with Crippen LogP contribution >= 0.6 is 11.3 Å². The van der Waals surface area contributed by atoms with E-state index >= 15 is 0 Å². The molecule has 1 aliphatic heterocycles. The molecule has 2 rings (SSSR count). The van der Waals surface area contributed by atoms with E-state index in [0.717, 1.165) is 32.7 Å². The van der Waals surface area contributed by atoms with E-state index in [9.17, 15) is 4.79 Å². The lowest BCUT2D eigenvalue weighted by atomic mass is 10.1. The smallest absolute Gasteiger partial charge is 0.317 e. The summed E-state index contributed by atoms with van der Waals surface area (Å²) < 4.78 is 5.40. The van der Waals surface area contributed by atoms with Gasteiger partial charge in [0.25, 0.3) is 0 Å². The van der Waals surface area contributed by atoms with Gasteiger partial charge in [-0.25, -0.2) is 4.79 Å². The number of hydrogen-bond acceptors (Lipinski definition) is 4. The van der Waals surface area contributed by atoms with Crippen molar-refractivity contribution in [3.63, 3.8) is 0 Å². The van der Waals surface area contributed by atoms with E-state index in [1.54, 1.807) is 11.3 Å². The van der Waals surface area contributed by atoms with Crippen molar-refractivity contribution in [2.75, 3.05) is 46.9 Å². The van der Waals surface area contributed by atoms with E-state index in [2.05, 4.69) is 27.7 Å². The average molecular weight is 325 g/mol. The van der Waals surface area contributed by atoms with Crippen LogP contribution in [0.3, 0.4) is 0 Å². The number of carbonyl (C=O) groups is 1. The van der Waals surface area contributed by atoms with Gasteiger partial charge in [0.05, 0.1) is 12.6 Å². The second-order valence-corrected chi connectivity index (χ2v) is 6.93.